The quantitative estimate of drug-likeness (QED) is 0.859. The lowest BCUT2D eigenvalue weighted by Gasteiger charge is -2.33. The van der Waals surface area contributed by atoms with Crippen molar-refractivity contribution in [3.8, 4) is 5.75 Å². The molecule has 1 fully saturated rings. The maximum Gasteiger partial charge on any atom is 0.308 e. The first-order valence-electron chi connectivity index (χ1n) is 7.65. The standard InChI is InChI=1S/C17H23NO5/c1-17(2,3)23-16(21)8-9-18-10-14(22-11-15(18)20)12-4-6-13(19)7-5-12/h4-7,14,19H,8-11H2,1-3H3. The number of morpholine rings is 1. The van der Waals surface area contributed by atoms with Crippen LogP contribution < -0.4 is 0 Å². The van der Waals surface area contributed by atoms with Crippen LogP contribution in [0.5, 0.6) is 5.75 Å². The van der Waals surface area contributed by atoms with Crippen molar-refractivity contribution in [2.75, 3.05) is 19.7 Å². The number of carbonyl (C=O) groups excluding carboxylic acids is 2. The van der Waals surface area contributed by atoms with E-state index in [-0.39, 0.29) is 36.8 Å². The predicted molar refractivity (Wildman–Crippen MR) is 83.8 cm³/mol. The minimum atomic E-state index is -0.527. The fourth-order valence-electron chi connectivity index (χ4n) is 2.34. The van der Waals surface area contributed by atoms with E-state index < -0.39 is 5.60 Å². The summed E-state index contributed by atoms with van der Waals surface area (Å²) in [5.41, 5.74) is 0.360. The summed E-state index contributed by atoms with van der Waals surface area (Å²) in [6.07, 6.45) is -0.0994. The van der Waals surface area contributed by atoms with E-state index in [2.05, 4.69) is 0 Å². The number of ether oxygens (including phenoxy) is 2. The van der Waals surface area contributed by atoms with Gasteiger partial charge in [0.1, 0.15) is 24.1 Å². The molecule has 0 aliphatic carbocycles. The van der Waals surface area contributed by atoms with Crippen LogP contribution in [0.15, 0.2) is 24.3 Å². The Kier molecular flexibility index (Phi) is 5.26. The van der Waals surface area contributed by atoms with Crippen molar-refractivity contribution in [2.24, 2.45) is 0 Å². The molecule has 1 aromatic rings. The van der Waals surface area contributed by atoms with Gasteiger partial charge in [-0.2, -0.15) is 0 Å². The summed E-state index contributed by atoms with van der Waals surface area (Å²) in [5.74, 6) is -0.274. The number of aromatic hydroxyl groups is 1. The number of phenolic OH excluding ortho intramolecular Hbond substituents is 1. The molecule has 0 bridgehead atoms. The number of rotatable bonds is 4. The van der Waals surface area contributed by atoms with Gasteiger partial charge in [0.05, 0.1) is 13.0 Å². The molecular weight excluding hydrogens is 298 g/mol. The van der Waals surface area contributed by atoms with Gasteiger partial charge in [-0.3, -0.25) is 9.59 Å². The fourth-order valence-corrected chi connectivity index (χ4v) is 2.34. The summed E-state index contributed by atoms with van der Waals surface area (Å²) >= 11 is 0. The maximum atomic E-state index is 11.9. The van der Waals surface area contributed by atoms with Crippen molar-refractivity contribution >= 4 is 11.9 Å². The third-order valence-electron chi connectivity index (χ3n) is 3.42. The minimum absolute atomic E-state index is 0.0140. The molecule has 1 aliphatic heterocycles. The largest absolute Gasteiger partial charge is 0.508 e. The van der Waals surface area contributed by atoms with Crippen molar-refractivity contribution in [3.05, 3.63) is 29.8 Å². The van der Waals surface area contributed by atoms with Gasteiger partial charge in [-0.1, -0.05) is 12.1 Å². The number of nitrogens with zero attached hydrogens (tertiary/aromatic N) is 1. The van der Waals surface area contributed by atoms with Gasteiger partial charge in [0.15, 0.2) is 0 Å². The molecule has 6 nitrogen and oxygen atoms in total. The zero-order chi connectivity index (χ0) is 17.0. The summed E-state index contributed by atoms with van der Waals surface area (Å²) < 4.78 is 10.8. The van der Waals surface area contributed by atoms with Crippen LogP contribution in [-0.2, 0) is 19.1 Å². The van der Waals surface area contributed by atoms with E-state index in [1.165, 1.54) is 0 Å². The van der Waals surface area contributed by atoms with Gasteiger partial charge in [-0.15, -0.1) is 0 Å². The smallest absolute Gasteiger partial charge is 0.308 e. The van der Waals surface area contributed by atoms with E-state index in [0.717, 1.165) is 5.56 Å². The van der Waals surface area contributed by atoms with Gasteiger partial charge in [0.2, 0.25) is 5.91 Å². The molecule has 23 heavy (non-hydrogen) atoms. The average Bonchev–Trinajstić information content (AvgIpc) is 2.45. The summed E-state index contributed by atoms with van der Waals surface area (Å²) in [6.45, 7) is 6.11. The Bertz CT molecular complexity index is 561. The third-order valence-corrected chi connectivity index (χ3v) is 3.42. The number of amides is 1. The molecule has 0 radical (unpaired) electrons. The summed E-state index contributed by atoms with van der Waals surface area (Å²) in [5, 5.41) is 9.33. The van der Waals surface area contributed by atoms with Crippen LogP contribution in [0.4, 0.5) is 0 Å². The second-order valence-corrected chi connectivity index (χ2v) is 6.57. The maximum absolute atomic E-state index is 11.9. The van der Waals surface area contributed by atoms with Crippen LogP contribution in [0, 0.1) is 0 Å². The average molecular weight is 321 g/mol. The Hall–Kier alpha value is -2.08. The first-order valence-corrected chi connectivity index (χ1v) is 7.65. The lowest BCUT2D eigenvalue weighted by atomic mass is 10.1. The van der Waals surface area contributed by atoms with Gasteiger partial charge in [-0.25, -0.2) is 0 Å². The zero-order valence-electron chi connectivity index (χ0n) is 13.7. The van der Waals surface area contributed by atoms with Gasteiger partial charge in [0, 0.05) is 6.54 Å². The van der Waals surface area contributed by atoms with Crippen molar-refractivity contribution in [1.82, 2.24) is 4.90 Å². The molecular formula is C17H23NO5. The highest BCUT2D eigenvalue weighted by Gasteiger charge is 2.28. The first kappa shape index (κ1) is 17.3. The van der Waals surface area contributed by atoms with Crippen LogP contribution in [0.1, 0.15) is 38.9 Å². The van der Waals surface area contributed by atoms with Crippen LogP contribution >= 0.6 is 0 Å². The number of phenols is 1. The van der Waals surface area contributed by atoms with E-state index in [0.29, 0.717) is 13.1 Å². The Morgan fingerprint density at radius 2 is 2.00 bits per heavy atom. The van der Waals surface area contributed by atoms with Crippen LogP contribution in [-0.4, -0.2) is 47.2 Å². The fraction of sp³-hybridized carbons (Fsp3) is 0.529. The number of benzene rings is 1. The molecule has 126 valence electrons. The summed E-state index contributed by atoms with van der Waals surface area (Å²) in [4.78, 5) is 25.3. The third kappa shape index (κ3) is 5.25. The second kappa shape index (κ2) is 7.00. The normalized spacial score (nSPS) is 18.8. The van der Waals surface area contributed by atoms with Gasteiger partial charge < -0.3 is 19.5 Å². The van der Waals surface area contributed by atoms with Crippen LogP contribution in [0.25, 0.3) is 0 Å². The Labute approximate surface area is 136 Å². The lowest BCUT2D eigenvalue weighted by Crippen LogP contribution is -2.44. The lowest BCUT2D eigenvalue weighted by molar-refractivity contribution is -0.157. The highest BCUT2D eigenvalue weighted by Crippen LogP contribution is 2.24. The molecule has 0 spiro atoms. The van der Waals surface area contributed by atoms with Crippen LogP contribution in [0.3, 0.4) is 0 Å². The molecule has 1 saturated heterocycles. The van der Waals surface area contributed by atoms with E-state index in [4.69, 9.17) is 9.47 Å². The van der Waals surface area contributed by atoms with E-state index >= 15 is 0 Å². The molecule has 1 amide bonds. The monoisotopic (exact) mass is 321 g/mol. The topological polar surface area (TPSA) is 76.1 Å². The Balaban J connectivity index is 1.92. The molecule has 1 N–H and O–H groups in total. The van der Waals surface area contributed by atoms with E-state index in [1.54, 1.807) is 29.2 Å². The molecule has 1 atom stereocenters. The van der Waals surface area contributed by atoms with Crippen molar-refractivity contribution in [1.29, 1.82) is 0 Å². The number of esters is 1. The number of carbonyl (C=O) groups is 2. The molecule has 0 saturated carbocycles. The van der Waals surface area contributed by atoms with E-state index in [9.17, 15) is 14.7 Å². The van der Waals surface area contributed by atoms with Crippen LogP contribution in [0.2, 0.25) is 0 Å². The van der Waals surface area contributed by atoms with Gasteiger partial charge in [0.25, 0.3) is 0 Å². The van der Waals surface area contributed by atoms with Crippen molar-refractivity contribution in [2.45, 2.75) is 38.9 Å². The first-order chi connectivity index (χ1) is 10.7. The summed E-state index contributed by atoms with van der Waals surface area (Å²) in [6, 6.07) is 6.70. The Morgan fingerprint density at radius 3 is 2.61 bits per heavy atom. The second-order valence-electron chi connectivity index (χ2n) is 6.57. The molecule has 2 rings (SSSR count). The number of hydrogen-bond donors (Lipinski definition) is 1. The summed E-state index contributed by atoms with van der Waals surface area (Å²) in [7, 11) is 0. The number of hydrogen-bond acceptors (Lipinski definition) is 5. The van der Waals surface area contributed by atoms with Crippen molar-refractivity contribution in [3.63, 3.8) is 0 Å². The molecule has 1 heterocycles. The van der Waals surface area contributed by atoms with E-state index in [1.807, 2.05) is 20.8 Å². The highest BCUT2D eigenvalue weighted by atomic mass is 16.6. The highest BCUT2D eigenvalue weighted by molar-refractivity contribution is 5.79. The van der Waals surface area contributed by atoms with Crippen molar-refractivity contribution < 1.29 is 24.2 Å². The molecule has 1 aliphatic rings. The molecule has 0 aromatic heterocycles. The molecule has 6 heteroatoms. The Morgan fingerprint density at radius 1 is 1.35 bits per heavy atom. The van der Waals surface area contributed by atoms with Gasteiger partial charge >= 0.3 is 5.97 Å². The molecule has 1 unspecified atom stereocenters. The molecule has 1 aromatic carbocycles. The zero-order valence-corrected chi connectivity index (χ0v) is 13.7. The van der Waals surface area contributed by atoms with Gasteiger partial charge in [-0.05, 0) is 38.5 Å². The predicted octanol–water partition coefficient (Wildman–Crippen LogP) is 2.02. The SMILES string of the molecule is CC(C)(C)OC(=O)CCN1CC(c2ccc(O)cc2)OCC1=O. The minimum Gasteiger partial charge on any atom is -0.508 e.